The zero-order chi connectivity index (χ0) is 16.3. The lowest BCUT2D eigenvalue weighted by Gasteiger charge is -2.38. The van der Waals surface area contributed by atoms with E-state index in [0.29, 0.717) is 24.6 Å². The number of likely N-dealkylation sites (tertiary alicyclic amines) is 1. The van der Waals surface area contributed by atoms with Crippen molar-refractivity contribution in [3.8, 4) is 5.75 Å². The SMILES string of the molecule is COc1cc(C(=O)N2CCC(C)CC2CN)ccc1[N+](=O)[O-]. The van der Waals surface area contributed by atoms with Gasteiger partial charge in [-0.3, -0.25) is 14.9 Å². The van der Waals surface area contributed by atoms with Crippen LogP contribution in [0.15, 0.2) is 18.2 Å². The number of ether oxygens (including phenoxy) is 1. The number of nitrogens with zero attached hydrogens (tertiary/aromatic N) is 2. The molecule has 0 radical (unpaired) electrons. The van der Waals surface area contributed by atoms with Crippen molar-refractivity contribution in [2.75, 3.05) is 20.2 Å². The summed E-state index contributed by atoms with van der Waals surface area (Å²) < 4.78 is 5.02. The number of hydrogen-bond acceptors (Lipinski definition) is 5. The van der Waals surface area contributed by atoms with Crippen LogP contribution in [0.1, 0.15) is 30.1 Å². The standard InChI is InChI=1S/C15H21N3O4/c1-10-5-6-17(12(7-10)9-16)15(19)11-3-4-13(18(20)21)14(8-11)22-2/h3-4,8,10,12H,5-7,9,16H2,1-2H3. The fraction of sp³-hybridized carbons (Fsp3) is 0.533. The monoisotopic (exact) mass is 307 g/mol. The van der Waals surface area contributed by atoms with E-state index < -0.39 is 4.92 Å². The van der Waals surface area contributed by atoms with Gasteiger partial charge < -0.3 is 15.4 Å². The lowest BCUT2D eigenvalue weighted by atomic mass is 9.92. The second-order valence-corrected chi connectivity index (χ2v) is 5.66. The summed E-state index contributed by atoms with van der Waals surface area (Å²) in [5.41, 5.74) is 6.02. The number of nitrogens with two attached hydrogens (primary N) is 1. The number of amides is 1. The first-order valence-corrected chi connectivity index (χ1v) is 7.31. The van der Waals surface area contributed by atoms with Gasteiger partial charge in [-0.2, -0.15) is 0 Å². The molecular formula is C15H21N3O4. The van der Waals surface area contributed by atoms with Crippen LogP contribution < -0.4 is 10.5 Å². The molecule has 0 saturated carbocycles. The van der Waals surface area contributed by atoms with E-state index in [4.69, 9.17) is 10.5 Å². The number of rotatable bonds is 4. The van der Waals surface area contributed by atoms with Crippen LogP contribution >= 0.6 is 0 Å². The third kappa shape index (κ3) is 3.19. The fourth-order valence-corrected chi connectivity index (χ4v) is 2.87. The van der Waals surface area contributed by atoms with Gasteiger partial charge in [0.1, 0.15) is 0 Å². The molecule has 1 amide bonds. The highest BCUT2D eigenvalue weighted by Gasteiger charge is 2.30. The molecule has 1 saturated heterocycles. The molecule has 2 unspecified atom stereocenters. The van der Waals surface area contributed by atoms with E-state index in [2.05, 4.69) is 6.92 Å². The molecule has 1 aromatic carbocycles. The Labute approximate surface area is 129 Å². The van der Waals surface area contributed by atoms with Crippen molar-refractivity contribution in [1.82, 2.24) is 4.90 Å². The molecule has 1 aliphatic rings. The van der Waals surface area contributed by atoms with Crippen molar-refractivity contribution in [1.29, 1.82) is 0 Å². The minimum Gasteiger partial charge on any atom is -0.490 e. The second-order valence-electron chi connectivity index (χ2n) is 5.66. The number of carbonyl (C=O) groups excluding carboxylic acids is 1. The molecule has 120 valence electrons. The lowest BCUT2D eigenvalue weighted by molar-refractivity contribution is -0.385. The van der Waals surface area contributed by atoms with Gasteiger partial charge in [0.25, 0.3) is 5.91 Å². The van der Waals surface area contributed by atoms with Crippen LogP contribution in [0.4, 0.5) is 5.69 Å². The smallest absolute Gasteiger partial charge is 0.310 e. The van der Waals surface area contributed by atoms with E-state index in [9.17, 15) is 14.9 Å². The predicted octanol–water partition coefficient (Wildman–Crippen LogP) is 1.80. The van der Waals surface area contributed by atoms with Gasteiger partial charge in [0.15, 0.2) is 5.75 Å². The summed E-state index contributed by atoms with van der Waals surface area (Å²) in [4.78, 5) is 24.8. The third-order valence-corrected chi connectivity index (χ3v) is 4.13. The van der Waals surface area contributed by atoms with Crippen molar-refractivity contribution in [3.63, 3.8) is 0 Å². The molecule has 1 aliphatic heterocycles. The van der Waals surface area contributed by atoms with Gasteiger partial charge in [0, 0.05) is 36.8 Å². The Balaban J connectivity index is 2.27. The van der Waals surface area contributed by atoms with E-state index in [1.54, 1.807) is 4.90 Å². The van der Waals surface area contributed by atoms with Crippen molar-refractivity contribution in [2.45, 2.75) is 25.8 Å². The summed E-state index contributed by atoms with van der Waals surface area (Å²) in [6.07, 6.45) is 1.82. The first-order chi connectivity index (χ1) is 10.5. The average molecular weight is 307 g/mol. The van der Waals surface area contributed by atoms with E-state index in [1.807, 2.05) is 0 Å². The largest absolute Gasteiger partial charge is 0.490 e. The number of carbonyl (C=O) groups is 1. The quantitative estimate of drug-likeness (QED) is 0.675. The first-order valence-electron chi connectivity index (χ1n) is 7.31. The summed E-state index contributed by atoms with van der Waals surface area (Å²) in [5, 5.41) is 10.9. The second kappa shape index (κ2) is 6.74. The van der Waals surface area contributed by atoms with Gasteiger partial charge in [-0.05, 0) is 24.8 Å². The van der Waals surface area contributed by atoms with E-state index >= 15 is 0 Å². The first kappa shape index (κ1) is 16.2. The van der Waals surface area contributed by atoms with Gasteiger partial charge in [0.2, 0.25) is 0 Å². The molecule has 1 heterocycles. The Hall–Kier alpha value is -2.15. The molecule has 0 bridgehead atoms. The molecule has 1 fully saturated rings. The average Bonchev–Trinajstić information content (AvgIpc) is 2.53. The van der Waals surface area contributed by atoms with Crippen LogP contribution in [0, 0.1) is 16.0 Å². The lowest BCUT2D eigenvalue weighted by Crippen LogP contribution is -2.49. The van der Waals surface area contributed by atoms with E-state index in [1.165, 1.54) is 25.3 Å². The molecule has 22 heavy (non-hydrogen) atoms. The highest BCUT2D eigenvalue weighted by molar-refractivity contribution is 5.95. The topological polar surface area (TPSA) is 98.7 Å². The van der Waals surface area contributed by atoms with Crippen molar-refractivity contribution >= 4 is 11.6 Å². The number of methoxy groups -OCH3 is 1. The summed E-state index contributed by atoms with van der Waals surface area (Å²) in [6.45, 7) is 3.22. The minimum absolute atomic E-state index is 0.0115. The minimum atomic E-state index is -0.529. The van der Waals surface area contributed by atoms with Crippen molar-refractivity contribution in [2.24, 2.45) is 11.7 Å². The van der Waals surface area contributed by atoms with Gasteiger partial charge in [-0.1, -0.05) is 6.92 Å². The Morgan fingerprint density at radius 1 is 1.55 bits per heavy atom. The maximum absolute atomic E-state index is 12.7. The normalized spacial score (nSPS) is 21.5. The van der Waals surface area contributed by atoms with E-state index in [-0.39, 0.29) is 23.4 Å². The third-order valence-electron chi connectivity index (χ3n) is 4.13. The predicted molar refractivity (Wildman–Crippen MR) is 81.9 cm³/mol. The van der Waals surface area contributed by atoms with Crippen LogP contribution in [0.3, 0.4) is 0 Å². The van der Waals surface area contributed by atoms with Crippen LogP contribution in [-0.4, -0.2) is 42.0 Å². The fourth-order valence-electron chi connectivity index (χ4n) is 2.87. The Kier molecular flexibility index (Phi) is 4.97. The van der Waals surface area contributed by atoms with Gasteiger partial charge in [-0.15, -0.1) is 0 Å². The zero-order valence-corrected chi connectivity index (χ0v) is 12.8. The molecule has 0 spiro atoms. The number of nitro groups is 1. The maximum atomic E-state index is 12.7. The molecular weight excluding hydrogens is 286 g/mol. The number of nitro benzene ring substituents is 1. The van der Waals surface area contributed by atoms with Crippen LogP contribution in [-0.2, 0) is 0 Å². The zero-order valence-electron chi connectivity index (χ0n) is 12.8. The van der Waals surface area contributed by atoms with Gasteiger partial charge in [0.05, 0.1) is 12.0 Å². The van der Waals surface area contributed by atoms with Crippen LogP contribution in [0.25, 0.3) is 0 Å². The molecule has 7 heteroatoms. The number of piperidine rings is 1. The molecule has 0 aliphatic carbocycles. The van der Waals surface area contributed by atoms with Crippen LogP contribution in [0.2, 0.25) is 0 Å². The summed E-state index contributed by atoms with van der Waals surface area (Å²) in [6, 6.07) is 4.20. The summed E-state index contributed by atoms with van der Waals surface area (Å²) in [5.74, 6) is 0.477. The number of benzene rings is 1. The Morgan fingerprint density at radius 3 is 2.86 bits per heavy atom. The molecule has 2 atom stereocenters. The van der Waals surface area contributed by atoms with Gasteiger partial charge in [-0.25, -0.2) is 0 Å². The summed E-state index contributed by atoms with van der Waals surface area (Å²) >= 11 is 0. The van der Waals surface area contributed by atoms with Gasteiger partial charge >= 0.3 is 5.69 Å². The molecule has 7 nitrogen and oxygen atoms in total. The molecule has 2 rings (SSSR count). The maximum Gasteiger partial charge on any atom is 0.310 e. The Bertz CT molecular complexity index is 576. The highest BCUT2D eigenvalue weighted by Crippen LogP contribution is 2.29. The molecule has 1 aromatic rings. The Morgan fingerprint density at radius 2 is 2.27 bits per heavy atom. The number of hydrogen-bond donors (Lipinski definition) is 1. The molecule has 2 N–H and O–H groups in total. The van der Waals surface area contributed by atoms with Crippen molar-refractivity contribution < 1.29 is 14.5 Å². The van der Waals surface area contributed by atoms with E-state index in [0.717, 1.165) is 12.8 Å². The van der Waals surface area contributed by atoms with Crippen LogP contribution in [0.5, 0.6) is 5.75 Å². The summed E-state index contributed by atoms with van der Waals surface area (Å²) in [7, 11) is 1.35. The highest BCUT2D eigenvalue weighted by atomic mass is 16.6. The van der Waals surface area contributed by atoms with Crippen molar-refractivity contribution in [3.05, 3.63) is 33.9 Å². The molecule has 0 aromatic heterocycles.